The number of hydrogen-bond donors (Lipinski definition) is 1. The van der Waals surface area contributed by atoms with E-state index in [-0.39, 0.29) is 25.7 Å². The highest BCUT2D eigenvalue weighted by Gasteiger charge is 2.31. The Balaban J connectivity index is 3.21. The molecule has 1 aromatic rings. The van der Waals surface area contributed by atoms with E-state index in [4.69, 9.17) is 40.5 Å². The highest BCUT2D eigenvalue weighted by atomic mass is 35.5. The third-order valence-corrected chi connectivity index (χ3v) is 3.47. The van der Waals surface area contributed by atoms with Crippen LogP contribution in [0.15, 0.2) is 11.0 Å². The molecule has 0 aliphatic heterocycles. The molecule has 0 radical (unpaired) electrons. The van der Waals surface area contributed by atoms with E-state index in [9.17, 15) is 13.2 Å². The van der Waals surface area contributed by atoms with E-state index in [1.165, 1.54) is 0 Å². The zero-order valence-electron chi connectivity index (χ0n) is 6.83. The lowest BCUT2D eigenvalue weighted by molar-refractivity contribution is -0.0328. The third-order valence-electron chi connectivity index (χ3n) is 1.39. The van der Waals surface area contributed by atoms with Gasteiger partial charge in [-0.25, -0.2) is 0 Å². The van der Waals surface area contributed by atoms with Crippen LogP contribution in [-0.2, 0) is 0 Å². The molecule has 0 fully saturated rings. The summed E-state index contributed by atoms with van der Waals surface area (Å²) in [6.07, 6.45) is 0. The van der Waals surface area contributed by atoms with E-state index in [2.05, 4.69) is 0 Å². The van der Waals surface area contributed by atoms with Crippen molar-refractivity contribution < 1.29 is 13.2 Å². The minimum Gasteiger partial charge on any atom is -0.396 e. The first kappa shape index (κ1) is 13.1. The number of nitrogens with two attached hydrogens (primary N) is 1. The Morgan fingerprint density at radius 1 is 1.13 bits per heavy atom. The van der Waals surface area contributed by atoms with E-state index >= 15 is 0 Å². The Hall–Kier alpha value is 0.0300. The number of alkyl halides is 3. The molecule has 1 aromatic carbocycles. The summed E-state index contributed by atoms with van der Waals surface area (Å²) in [7, 11) is 0. The lowest BCUT2D eigenvalue weighted by atomic mass is 10.3. The first-order chi connectivity index (χ1) is 6.72. The maximum atomic E-state index is 12.1. The Kier molecular flexibility index (Phi) is 3.92. The molecule has 8 heteroatoms. The van der Waals surface area contributed by atoms with Gasteiger partial charge in [-0.3, -0.25) is 0 Å². The van der Waals surface area contributed by atoms with Crippen LogP contribution in [0, 0.1) is 0 Å². The van der Waals surface area contributed by atoms with Crippen LogP contribution in [-0.4, -0.2) is 5.51 Å². The van der Waals surface area contributed by atoms with Crippen molar-refractivity contribution in [2.24, 2.45) is 0 Å². The summed E-state index contributed by atoms with van der Waals surface area (Å²) < 4.78 is 36.2. The molecule has 84 valence electrons. The molecule has 0 aliphatic rings. The van der Waals surface area contributed by atoms with Gasteiger partial charge in [-0.15, -0.1) is 0 Å². The molecule has 1 rings (SSSR count). The minimum atomic E-state index is -4.45. The lowest BCUT2D eigenvalue weighted by Crippen LogP contribution is -2.00. The van der Waals surface area contributed by atoms with Gasteiger partial charge < -0.3 is 5.73 Å². The monoisotopic (exact) mass is 295 g/mol. The van der Waals surface area contributed by atoms with E-state index in [1.807, 2.05) is 0 Å². The number of halogens is 6. The lowest BCUT2D eigenvalue weighted by Gasteiger charge is -2.10. The molecule has 15 heavy (non-hydrogen) atoms. The van der Waals surface area contributed by atoms with Crippen LogP contribution in [0.2, 0.25) is 15.1 Å². The summed E-state index contributed by atoms with van der Waals surface area (Å²) in [5.41, 5.74) is 0.892. The Bertz CT molecular complexity index is 394. The number of hydrogen-bond acceptors (Lipinski definition) is 2. The van der Waals surface area contributed by atoms with E-state index in [0.29, 0.717) is 0 Å². The number of nitrogen functional groups attached to an aromatic ring is 1. The summed E-state index contributed by atoms with van der Waals surface area (Å²) in [6.45, 7) is 0. The van der Waals surface area contributed by atoms with Gasteiger partial charge in [-0.1, -0.05) is 34.8 Å². The number of rotatable bonds is 1. The molecule has 2 N–H and O–H groups in total. The maximum Gasteiger partial charge on any atom is 0.446 e. The van der Waals surface area contributed by atoms with Gasteiger partial charge in [0, 0.05) is 4.90 Å². The van der Waals surface area contributed by atoms with Crippen molar-refractivity contribution in [3.8, 4) is 0 Å². The van der Waals surface area contributed by atoms with Gasteiger partial charge in [0.15, 0.2) is 0 Å². The van der Waals surface area contributed by atoms with Crippen LogP contribution in [0.25, 0.3) is 0 Å². The molecular weight excluding hydrogens is 294 g/mol. The largest absolute Gasteiger partial charge is 0.446 e. The molecule has 1 nitrogen and oxygen atoms in total. The van der Waals surface area contributed by atoms with Gasteiger partial charge >= 0.3 is 5.51 Å². The second-order valence-electron chi connectivity index (χ2n) is 2.45. The number of thioether (sulfide) groups is 1. The van der Waals surface area contributed by atoms with E-state index < -0.39 is 17.3 Å². The maximum absolute atomic E-state index is 12.1. The van der Waals surface area contributed by atoms with Crippen molar-refractivity contribution in [3.05, 3.63) is 21.1 Å². The molecule has 0 aliphatic carbocycles. The van der Waals surface area contributed by atoms with Gasteiger partial charge in [0.25, 0.3) is 0 Å². The highest BCUT2D eigenvalue weighted by molar-refractivity contribution is 8.00. The zero-order chi connectivity index (χ0) is 11.8. The molecule has 0 unspecified atom stereocenters. The van der Waals surface area contributed by atoms with Crippen LogP contribution in [0.4, 0.5) is 18.9 Å². The van der Waals surface area contributed by atoms with Crippen molar-refractivity contribution in [1.82, 2.24) is 0 Å². The van der Waals surface area contributed by atoms with Crippen molar-refractivity contribution in [2.75, 3.05) is 5.73 Å². The molecule has 0 heterocycles. The normalized spacial score (nSPS) is 11.9. The first-order valence-electron chi connectivity index (χ1n) is 3.41. The Morgan fingerprint density at radius 3 is 2.13 bits per heavy atom. The molecule has 0 bridgehead atoms. The fourth-order valence-corrected chi connectivity index (χ4v) is 2.25. The quantitative estimate of drug-likeness (QED) is 0.456. The average molecular weight is 297 g/mol. The number of anilines is 1. The molecule has 0 amide bonds. The van der Waals surface area contributed by atoms with Crippen molar-refractivity contribution in [1.29, 1.82) is 0 Å². The second-order valence-corrected chi connectivity index (χ2v) is 4.72. The average Bonchev–Trinajstić information content (AvgIpc) is 2.08. The fourth-order valence-electron chi connectivity index (χ4n) is 0.786. The molecule has 0 saturated heterocycles. The van der Waals surface area contributed by atoms with Gasteiger partial charge in [0.05, 0.1) is 20.8 Å². The van der Waals surface area contributed by atoms with Crippen LogP contribution in [0.5, 0.6) is 0 Å². The van der Waals surface area contributed by atoms with Gasteiger partial charge in [-0.05, 0) is 17.8 Å². The predicted octanol–water partition coefficient (Wildman–Crippen LogP) is 4.84. The van der Waals surface area contributed by atoms with Gasteiger partial charge in [0.1, 0.15) is 0 Å². The van der Waals surface area contributed by atoms with Crippen LogP contribution in [0.3, 0.4) is 0 Å². The van der Waals surface area contributed by atoms with E-state index in [0.717, 1.165) is 6.07 Å². The topological polar surface area (TPSA) is 26.0 Å². The number of benzene rings is 1. The zero-order valence-corrected chi connectivity index (χ0v) is 9.92. The minimum absolute atomic E-state index is 0.0325. The SMILES string of the molecule is Nc1c(Cl)cc(SC(F)(F)F)c(Cl)c1Cl. The standard InChI is InChI=1S/C7H3Cl3F3NS/c8-2-1-3(15-7(11,12)13)4(9)5(10)6(2)14/h1H,14H2. The van der Waals surface area contributed by atoms with Crippen molar-refractivity contribution in [2.45, 2.75) is 10.4 Å². The molecule has 0 atom stereocenters. The molecule has 0 saturated carbocycles. The fraction of sp³-hybridized carbons (Fsp3) is 0.143. The van der Waals surface area contributed by atoms with Gasteiger partial charge in [-0.2, -0.15) is 13.2 Å². The Labute approximate surface area is 103 Å². The van der Waals surface area contributed by atoms with E-state index in [1.54, 1.807) is 0 Å². The van der Waals surface area contributed by atoms with Crippen LogP contribution < -0.4 is 5.73 Å². The predicted molar refractivity (Wildman–Crippen MR) is 57.8 cm³/mol. The summed E-state index contributed by atoms with van der Waals surface area (Å²) in [5.74, 6) is 0. The Morgan fingerprint density at radius 2 is 1.67 bits per heavy atom. The summed E-state index contributed by atoms with van der Waals surface area (Å²) in [5, 5.41) is -0.479. The van der Waals surface area contributed by atoms with Crippen LogP contribution >= 0.6 is 46.6 Å². The van der Waals surface area contributed by atoms with Crippen molar-refractivity contribution >= 4 is 52.3 Å². The molecular formula is C7H3Cl3F3NS. The van der Waals surface area contributed by atoms with Crippen molar-refractivity contribution in [3.63, 3.8) is 0 Å². The van der Waals surface area contributed by atoms with Crippen LogP contribution in [0.1, 0.15) is 0 Å². The third kappa shape index (κ3) is 3.24. The summed E-state index contributed by atoms with van der Waals surface area (Å²) >= 11 is 16.4. The summed E-state index contributed by atoms with van der Waals surface area (Å²) in [6, 6.07) is 1.03. The van der Waals surface area contributed by atoms with Gasteiger partial charge in [0.2, 0.25) is 0 Å². The highest BCUT2D eigenvalue weighted by Crippen LogP contribution is 2.46. The molecule has 0 aromatic heterocycles. The summed E-state index contributed by atoms with van der Waals surface area (Å²) in [4.78, 5) is -0.270. The smallest absolute Gasteiger partial charge is 0.396 e. The second kappa shape index (κ2) is 4.49. The first-order valence-corrected chi connectivity index (χ1v) is 5.36. The molecule has 0 spiro atoms.